The Hall–Kier alpha value is -0.830. The second kappa shape index (κ2) is 5.28. The Kier molecular flexibility index (Phi) is 4.05. The number of amides is 1. The van der Waals surface area contributed by atoms with Gasteiger partial charge in [-0.05, 0) is 35.4 Å². The molecule has 1 heterocycles. The highest BCUT2D eigenvalue weighted by molar-refractivity contribution is 9.09. The van der Waals surface area contributed by atoms with Crippen LogP contribution in [0.3, 0.4) is 0 Å². The summed E-state index contributed by atoms with van der Waals surface area (Å²) in [6.07, 6.45) is 2.58. The molecular formula is C16H22BrNO. The van der Waals surface area contributed by atoms with Gasteiger partial charge in [0, 0.05) is 24.0 Å². The smallest absolute Gasteiger partial charge is 0.227 e. The summed E-state index contributed by atoms with van der Waals surface area (Å²) in [5.41, 5.74) is 3.97. The number of hydrogen-bond acceptors (Lipinski definition) is 1. The third-order valence-electron chi connectivity index (χ3n) is 3.60. The van der Waals surface area contributed by atoms with Gasteiger partial charge in [0.25, 0.3) is 0 Å². The average Bonchev–Trinajstić information content (AvgIpc) is 2.31. The van der Waals surface area contributed by atoms with E-state index >= 15 is 0 Å². The van der Waals surface area contributed by atoms with E-state index in [2.05, 4.69) is 54.9 Å². The van der Waals surface area contributed by atoms with Crippen molar-refractivity contribution in [3.8, 4) is 0 Å². The van der Waals surface area contributed by atoms with E-state index in [0.29, 0.717) is 16.7 Å². The number of benzene rings is 1. The van der Waals surface area contributed by atoms with Crippen molar-refractivity contribution < 1.29 is 4.79 Å². The van der Waals surface area contributed by atoms with Crippen LogP contribution in [0.15, 0.2) is 18.2 Å². The Bertz CT molecular complexity index is 490. The van der Waals surface area contributed by atoms with E-state index in [-0.39, 0.29) is 5.91 Å². The summed E-state index contributed by atoms with van der Waals surface area (Å²) >= 11 is 3.80. The molecule has 0 saturated heterocycles. The van der Waals surface area contributed by atoms with Crippen molar-refractivity contribution in [1.29, 1.82) is 0 Å². The number of carbonyl (C=O) groups excluding carboxylic acids is 1. The van der Waals surface area contributed by atoms with Crippen molar-refractivity contribution in [2.24, 2.45) is 5.41 Å². The maximum absolute atomic E-state index is 11.7. The molecule has 0 N–H and O–H groups in total. The monoisotopic (exact) mass is 323 g/mol. The lowest BCUT2D eigenvalue weighted by Gasteiger charge is -2.28. The van der Waals surface area contributed by atoms with Gasteiger partial charge >= 0.3 is 0 Å². The molecule has 0 spiro atoms. The molecule has 1 unspecified atom stereocenters. The average molecular weight is 324 g/mol. The van der Waals surface area contributed by atoms with Crippen molar-refractivity contribution in [2.75, 3.05) is 11.9 Å². The highest BCUT2D eigenvalue weighted by Gasteiger charge is 2.23. The summed E-state index contributed by atoms with van der Waals surface area (Å²) in [6, 6.07) is 6.47. The minimum absolute atomic E-state index is 0.213. The van der Waals surface area contributed by atoms with E-state index in [4.69, 9.17) is 0 Å². The Morgan fingerprint density at radius 3 is 2.63 bits per heavy atom. The molecule has 1 amide bonds. The minimum atomic E-state index is 0.213. The molecule has 104 valence electrons. The van der Waals surface area contributed by atoms with Gasteiger partial charge in [-0.25, -0.2) is 0 Å². The summed E-state index contributed by atoms with van der Waals surface area (Å²) in [5.74, 6) is 0.213. The molecule has 1 aliphatic rings. The van der Waals surface area contributed by atoms with Crippen LogP contribution in [0.5, 0.6) is 0 Å². The van der Waals surface area contributed by atoms with E-state index in [0.717, 1.165) is 18.5 Å². The molecule has 19 heavy (non-hydrogen) atoms. The zero-order chi connectivity index (χ0) is 14.2. The zero-order valence-corrected chi connectivity index (χ0v) is 13.8. The standard InChI is InChI=1S/C16H22BrNO/c1-16(2,3)10-13(17)11-5-7-14-12(9-11)6-8-15(19)18(14)4/h5,7,9,13H,6,8,10H2,1-4H3. The van der Waals surface area contributed by atoms with Crippen LogP contribution in [0.25, 0.3) is 0 Å². The molecule has 1 atom stereocenters. The number of carbonyl (C=O) groups is 1. The van der Waals surface area contributed by atoms with Gasteiger partial charge in [-0.3, -0.25) is 4.79 Å². The molecule has 0 radical (unpaired) electrons. The van der Waals surface area contributed by atoms with Gasteiger partial charge < -0.3 is 4.90 Å². The predicted molar refractivity (Wildman–Crippen MR) is 83.9 cm³/mol. The normalized spacial score (nSPS) is 17.3. The summed E-state index contributed by atoms with van der Waals surface area (Å²) in [5, 5.41) is 0. The largest absolute Gasteiger partial charge is 0.315 e. The van der Waals surface area contributed by atoms with Gasteiger partial charge in [0.1, 0.15) is 0 Å². The quantitative estimate of drug-likeness (QED) is 0.735. The fourth-order valence-corrected chi connectivity index (χ4v) is 3.78. The number of halogens is 1. The third kappa shape index (κ3) is 3.38. The highest BCUT2D eigenvalue weighted by atomic mass is 79.9. The summed E-state index contributed by atoms with van der Waals surface area (Å²) < 4.78 is 0. The fourth-order valence-electron chi connectivity index (χ4n) is 2.53. The van der Waals surface area contributed by atoms with E-state index in [1.54, 1.807) is 4.90 Å². The van der Waals surface area contributed by atoms with E-state index in [9.17, 15) is 4.79 Å². The van der Waals surface area contributed by atoms with Crippen LogP contribution in [0.4, 0.5) is 5.69 Å². The first-order valence-corrected chi connectivity index (χ1v) is 7.73. The number of fused-ring (bicyclic) bond motifs is 1. The molecule has 0 saturated carbocycles. The number of anilines is 1. The van der Waals surface area contributed by atoms with Gasteiger partial charge in [0.2, 0.25) is 5.91 Å². The van der Waals surface area contributed by atoms with E-state index in [1.807, 2.05) is 7.05 Å². The minimum Gasteiger partial charge on any atom is -0.315 e. The SMILES string of the molecule is CN1C(=O)CCc2cc(C(Br)CC(C)(C)C)ccc21. The molecule has 1 aromatic rings. The third-order valence-corrected chi connectivity index (χ3v) is 4.45. The Balaban J connectivity index is 2.24. The Morgan fingerprint density at radius 1 is 1.32 bits per heavy atom. The van der Waals surface area contributed by atoms with Crippen LogP contribution in [-0.4, -0.2) is 13.0 Å². The van der Waals surface area contributed by atoms with Crippen LogP contribution in [0.1, 0.15) is 49.6 Å². The molecule has 2 nitrogen and oxygen atoms in total. The van der Waals surface area contributed by atoms with Gasteiger partial charge in [-0.15, -0.1) is 0 Å². The van der Waals surface area contributed by atoms with Crippen LogP contribution in [-0.2, 0) is 11.2 Å². The highest BCUT2D eigenvalue weighted by Crippen LogP contribution is 2.38. The lowest BCUT2D eigenvalue weighted by Crippen LogP contribution is -2.31. The van der Waals surface area contributed by atoms with Crippen LogP contribution < -0.4 is 4.90 Å². The summed E-state index contributed by atoms with van der Waals surface area (Å²) in [6.45, 7) is 6.77. The van der Waals surface area contributed by atoms with Gasteiger partial charge in [0.05, 0.1) is 0 Å². The number of rotatable bonds is 2. The molecule has 1 aromatic carbocycles. The number of nitrogens with zero attached hydrogens (tertiary/aromatic N) is 1. The molecule has 0 fully saturated rings. The summed E-state index contributed by atoms with van der Waals surface area (Å²) in [7, 11) is 1.86. The summed E-state index contributed by atoms with van der Waals surface area (Å²) in [4.78, 5) is 13.8. The topological polar surface area (TPSA) is 20.3 Å². The van der Waals surface area contributed by atoms with Crippen molar-refractivity contribution >= 4 is 27.5 Å². The predicted octanol–water partition coefficient (Wildman–Crippen LogP) is 4.47. The van der Waals surface area contributed by atoms with Crippen LogP contribution >= 0.6 is 15.9 Å². The number of hydrogen-bond donors (Lipinski definition) is 0. The van der Waals surface area contributed by atoms with Crippen molar-refractivity contribution in [3.63, 3.8) is 0 Å². The van der Waals surface area contributed by atoms with Gasteiger partial charge in [0.15, 0.2) is 0 Å². The fraction of sp³-hybridized carbons (Fsp3) is 0.562. The van der Waals surface area contributed by atoms with Gasteiger partial charge in [-0.1, -0.05) is 48.8 Å². The maximum atomic E-state index is 11.7. The van der Waals surface area contributed by atoms with E-state index < -0.39 is 0 Å². The lowest BCUT2D eigenvalue weighted by atomic mass is 9.87. The van der Waals surface area contributed by atoms with E-state index in [1.165, 1.54) is 11.1 Å². The lowest BCUT2D eigenvalue weighted by molar-refractivity contribution is -0.118. The molecule has 2 rings (SSSR count). The second-order valence-corrected chi connectivity index (χ2v) is 7.68. The van der Waals surface area contributed by atoms with Gasteiger partial charge in [-0.2, -0.15) is 0 Å². The molecular weight excluding hydrogens is 302 g/mol. The first kappa shape index (κ1) is 14.6. The van der Waals surface area contributed by atoms with Crippen molar-refractivity contribution in [3.05, 3.63) is 29.3 Å². The molecule has 0 aromatic heterocycles. The first-order valence-electron chi connectivity index (χ1n) is 6.81. The van der Waals surface area contributed by atoms with Crippen molar-refractivity contribution in [1.82, 2.24) is 0 Å². The maximum Gasteiger partial charge on any atom is 0.227 e. The molecule has 1 aliphatic heterocycles. The molecule has 0 aliphatic carbocycles. The second-order valence-electron chi connectivity index (χ2n) is 6.57. The number of aryl methyl sites for hydroxylation is 1. The number of alkyl halides is 1. The van der Waals surface area contributed by atoms with Crippen LogP contribution in [0.2, 0.25) is 0 Å². The zero-order valence-electron chi connectivity index (χ0n) is 12.2. The van der Waals surface area contributed by atoms with Crippen LogP contribution in [0, 0.1) is 5.41 Å². The van der Waals surface area contributed by atoms with Crippen molar-refractivity contribution in [2.45, 2.75) is 44.9 Å². The first-order chi connectivity index (χ1) is 8.78. The molecule has 0 bridgehead atoms. The molecule has 3 heteroatoms. The Morgan fingerprint density at radius 2 is 2.00 bits per heavy atom. The Labute approximate surface area is 124 Å².